The van der Waals surface area contributed by atoms with E-state index in [-0.39, 0.29) is 5.91 Å². The zero-order chi connectivity index (χ0) is 14.8. The fourth-order valence-corrected chi connectivity index (χ4v) is 4.40. The van der Waals surface area contributed by atoms with Crippen LogP contribution >= 0.6 is 27.3 Å². The Kier molecular flexibility index (Phi) is 4.45. The first-order chi connectivity index (χ1) is 10.1. The van der Waals surface area contributed by atoms with Crippen molar-refractivity contribution in [2.75, 3.05) is 7.05 Å². The van der Waals surface area contributed by atoms with Crippen LogP contribution in [-0.2, 0) is 19.4 Å². The van der Waals surface area contributed by atoms with Gasteiger partial charge in [-0.05, 0) is 48.9 Å². The van der Waals surface area contributed by atoms with Gasteiger partial charge in [0.05, 0.1) is 4.88 Å². The van der Waals surface area contributed by atoms with Crippen molar-refractivity contribution in [2.24, 2.45) is 0 Å². The highest BCUT2D eigenvalue weighted by molar-refractivity contribution is 9.10. The third kappa shape index (κ3) is 3.22. The van der Waals surface area contributed by atoms with Crippen LogP contribution in [0.25, 0.3) is 0 Å². The molecule has 1 aromatic carbocycles. The molecule has 0 fully saturated rings. The number of thiophene rings is 1. The summed E-state index contributed by atoms with van der Waals surface area (Å²) in [6, 6.07) is 10.2. The number of hydrogen-bond acceptors (Lipinski definition) is 2. The summed E-state index contributed by atoms with van der Waals surface area (Å²) in [5.41, 5.74) is 2.53. The highest BCUT2D eigenvalue weighted by atomic mass is 79.9. The van der Waals surface area contributed by atoms with E-state index in [9.17, 15) is 4.79 Å². The summed E-state index contributed by atoms with van der Waals surface area (Å²) in [6.07, 6.45) is 4.78. The number of fused-ring (bicyclic) bond motifs is 1. The van der Waals surface area contributed by atoms with Gasteiger partial charge in [-0.3, -0.25) is 4.79 Å². The first-order valence-corrected chi connectivity index (χ1v) is 8.86. The van der Waals surface area contributed by atoms with Crippen LogP contribution < -0.4 is 0 Å². The fourth-order valence-electron chi connectivity index (χ4n) is 2.74. The number of halogens is 1. The van der Waals surface area contributed by atoms with Gasteiger partial charge in [-0.15, -0.1) is 11.3 Å². The molecule has 1 amide bonds. The Morgan fingerprint density at radius 2 is 2.05 bits per heavy atom. The first kappa shape index (κ1) is 14.8. The van der Waals surface area contributed by atoms with Crippen molar-refractivity contribution in [2.45, 2.75) is 32.2 Å². The quantitative estimate of drug-likeness (QED) is 0.776. The molecule has 1 heterocycles. The van der Waals surface area contributed by atoms with Crippen molar-refractivity contribution in [3.63, 3.8) is 0 Å². The Morgan fingerprint density at radius 1 is 1.29 bits per heavy atom. The number of carbonyl (C=O) groups is 1. The smallest absolute Gasteiger partial charge is 0.263 e. The van der Waals surface area contributed by atoms with E-state index in [0.29, 0.717) is 6.54 Å². The summed E-state index contributed by atoms with van der Waals surface area (Å²) in [6.45, 7) is 0.628. The lowest BCUT2D eigenvalue weighted by Gasteiger charge is -2.17. The maximum Gasteiger partial charge on any atom is 0.263 e. The lowest BCUT2D eigenvalue weighted by molar-refractivity contribution is 0.0789. The molecule has 0 aliphatic heterocycles. The minimum absolute atomic E-state index is 0.130. The molecule has 1 aromatic heterocycles. The Hall–Kier alpha value is -1.13. The Labute approximate surface area is 137 Å². The summed E-state index contributed by atoms with van der Waals surface area (Å²) in [5.74, 6) is 0.130. The fraction of sp³-hybridized carbons (Fsp3) is 0.353. The largest absolute Gasteiger partial charge is 0.337 e. The first-order valence-electron chi connectivity index (χ1n) is 7.25. The molecular formula is C17H18BrNOS. The van der Waals surface area contributed by atoms with Crippen LogP contribution in [0, 0.1) is 0 Å². The van der Waals surface area contributed by atoms with E-state index in [1.165, 1.54) is 23.3 Å². The van der Waals surface area contributed by atoms with Gasteiger partial charge in [-0.2, -0.15) is 0 Å². The van der Waals surface area contributed by atoms with E-state index in [2.05, 4.69) is 22.0 Å². The Bertz CT molecular complexity index is 641. The summed E-state index contributed by atoms with van der Waals surface area (Å²) >= 11 is 5.22. The van der Waals surface area contributed by atoms with Crippen molar-refractivity contribution in [3.05, 3.63) is 55.7 Å². The second kappa shape index (κ2) is 6.32. The van der Waals surface area contributed by atoms with Crippen molar-refractivity contribution in [1.29, 1.82) is 0 Å². The highest BCUT2D eigenvalue weighted by Crippen LogP contribution is 2.30. The third-order valence-electron chi connectivity index (χ3n) is 3.92. The van der Waals surface area contributed by atoms with Crippen LogP contribution in [-0.4, -0.2) is 17.9 Å². The van der Waals surface area contributed by atoms with Gasteiger partial charge in [0.25, 0.3) is 5.91 Å². The van der Waals surface area contributed by atoms with E-state index < -0.39 is 0 Å². The SMILES string of the molecule is CN(Cc1ccccc1Br)C(=O)c1cc2c(s1)CCCC2. The van der Waals surface area contributed by atoms with Crippen LogP contribution in [0.4, 0.5) is 0 Å². The molecule has 0 N–H and O–H groups in total. The maximum absolute atomic E-state index is 12.6. The normalized spacial score (nSPS) is 13.8. The second-order valence-corrected chi connectivity index (χ2v) is 7.51. The monoisotopic (exact) mass is 363 g/mol. The predicted molar refractivity (Wildman–Crippen MR) is 90.9 cm³/mol. The van der Waals surface area contributed by atoms with E-state index in [1.807, 2.05) is 31.3 Å². The molecule has 3 rings (SSSR count). The molecule has 0 saturated heterocycles. The van der Waals surface area contributed by atoms with Crippen molar-refractivity contribution < 1.29 is 4.79 Å². The lowest BCUT2D eigenvalue weighted by Crippen LogP contribution is -2.25. The van der Waals surface area contributed by atoms with Gasteiger partial charge in [0, 0.05) is 22.9 Å². The van der Waals surface area contributed by atoms with Gasteiger partial charge in [0.15, 0.2) is 0 Å². The van der Waals surface area contributed by atoms with Crippen LogP contribution in [0.1, 0.15) is 38.5 Å². The topological polar surface area (TPSA) is 20.3 Å². The summed E-state index contributed by atoms with van der Waals surface area (Å²) < 4.78 is 1.05. The molecule has 0 spiro atoms. The predicted octanol–water partition coefficient (Wildman–Crippen LogP) is 4.66. The third-order valence-corrected chi connectivity index (χ3v) is 5.92. The van der Waals surface area contributed by atoms with Gasteiger partial charge < -0.3 is 4.90 Å². The molecule has 110 valence electrons. The minimum atomic E-state index is 0.130. The number of rotatable bonds is 3. The minimum Gasteiger partial charge on any atom is -0.337 e. The molecule has 2 aromatic rings. The zero-order valence-corrected chi connectivity index (χ0v) is 14.5. The molecule has 0 bridgehead atoms. The van der Waals surface area contributed by atoms with E-state index in [1.54, 1.807) is 16.2 Å². The maximum atomic E-state index is 12.6. The van der Waals surface area contributed by atoms with Crippen LogP contribution in [0.3, 0.4) is 0 Å². The molecule has 4 heteroatoms. The average Bonchev–Trinajstić information content (AvgIpc) is 2.92. The molecule has 2 nitrogen and oxygen atoms in total. The number of aryl methyl sites for hydroxylation is 2. The van der Waals surface area contributed by atoms with E-state index in [0.717, 1.165) is 27.8 Å². The molecule has 1 aliphatic carbocycles. The number of benzene rings is 1. The van der Waals surface area contributed by atoms with Crippen molar-refractivity contribution in [3.8, 4) is 0 Å². The van der Waals surface area contributed by atoms with Crippen LogP contribution in [0.15, 0.2) is 34.8 Å². The summed E-state index contributed by atoms with van der Waals surface area (Å²) in [5, 5.41) is 0. The van der Waals surface area contributed by atoms with Crippen LogP contribution in [0.2, 0.25) is 0 Å². The summed E-state index contributed by atoms with van der Waals surface area (Å²) in [7, 11) is 1.88. The summed E-state index contributed by atoms with van der Waals surface area (Å²) in [4.78, 5) is 16.7. The standard InChI is InChI=1S/C17H18BrNOS/c1-19(11-13-7-2-4-8-14(13)18)17(20)16-10-12-6-3-5-9-15(12)21-16/h2,4,7-8,10H,3,5-6,9,11H2,1H3. The number of hydrogen-bond donors (Lipinski definition) is 0. The average molecular weight is 364 g/mol. The van der Waals surface area contributed by atoms with Gasteiger partial charge >= 0.3 is 0 Å². The molecule has 0 atom stereocenters. The van der Waals surface area contributed by atoms with Crippen molar-refractivity contribution >= 4 is 33.2 Å². The molecule has 0 radical (unpaired) electrons. The number of nitrogens with zero attached hydrogens (tertiary/aromatic N) is 1. The van der Waals surface area contributed by atoms with Gasteiger partial charge in [-0.1, -0.05) is 34.1 Å². The van der Waals surface area contributed by atoms with E-state index >= 15 is 0 Å². The lowest BCUT2D eigenvalue weighted by atomic mass is 9.99. The number of carbonyl (C=O) groups excluding carboxylic acids is 1. The molecular weight excluding hydrogens is 346 g/mol. The Balaban J connectivity index is 1.75. The van der Waals surface area contributed by atoms with Gasteiger partial charge in [0.2, 0.25) is 0 Å². The van der Waals surface area contributed by atoms with Crippen LogP contribution in [0.5, 0.6) is 0 Å². The van der Waals surface area contributed by atoms with E-state index in [4.69, 9.17) is 0 Å². The Morgan fingerprint density at radius 3 is 2.81 bits per heavy atom. The molecule has 21 heavy (non-hydrogen) atoms. The number of amides is 1. The van der Waals surface area contributed by atoms with Gasteiger partial charge in [-0.25, -0.2) is 0 Å². The van der Waals surface area contributed by atoms with Crippen molar-refractivity contribution in [1.82, 2.24) is 4.90 Å². The zero-order valence-electron chi connectivity index (χ0n) is 12.1. The highest BCUT2D eigenvalue weighted by Gasteiger charge is 2.20. The molecule has 0 unspecified atom stereocenters. The molecule has 1 aliphatic rings. The molecule has 0 saturated carbocycles. The second-order valence-electron chi connectivity index (χ2n) is 5.52. The van der Waals surface area contributed by atoms with Gasteiger partial charge in [0.1, 0.15) is 0 Å².